The Morgan fingerprint density at radius 3 is 2.44 bits per heavy atom. The first kappa shape index (κ1) is 20.1. The molecule has 0 bridgehead atoms. The number of Topliss-reactive ketones (excluding diaryl/α,β-unsaturated/α-hetero) is 1. The number of esters is 1. The van der Waals surface area contributed by atoms with E-state index in [2.05, 4.69) is 5.32 Å². The fourth-order valence-electron chi connectivity index (χ4n) is 2.52. The highest BCUT2D eigenvalue weighted by Crippen LogP contribution is 2.11. The van der Waals surface area contributed by atoms with E-state index >= 15 is 0 Å². The average molecular weight is 365 g/mol. The Hall–Kier alpha value is -3.21. The van der Waals surface area contributed by atoms with Gasteiger partial charge < -0.3 is 10.1 Å². The van der Waals surface area contributed by atoms with Crippen molar-refractivity contribution in [1.82, 2.24) is 5.32 Å². The fraction of sp³-hybridized carbons (Fsp3) is 0.227. The molecule has 1 amide bonds. The van der Waals surface area contributed by atoms with Crippen LogP contribution in [0.5, 0.6) is 0 Å². The van der Waals surface area contributed by atoms with Gasteiger partial charge in [0.15, 0.2) is 6.61 Å². The SMILES string of the molecule is Cc1ccc(C(=O)COC(=O)[C@H](C)NC(=O)/C=C/c2ccccc2)c(C)c1. The van der Waals surface area contributed by atoms with E-state index in [1.807, 2.05) is 56.3 Å². The number of rotatable bonds is 7. The third-order valence-electron chi connectivity index (χ3n) is 3.97. The van der Waals surface area contributed by atoms with Gasteiger partial charge in [-0.3, -0.25) is 9.59 Å². The molecule has 2 aromatic rings. The number of nitrogens with one attached hydrogen (secondary N) is 1. The van der Waals surface area contributed by atoms with Gasteiger partial charge in [0, 0.05) is 11.6 Å². The summed E-state index contributed by atoms with van der Waals surface area (Å²) in [4.78, 5) is 36.1. The van der Waals surface area contributed by atoms with E-state index in [1.54, 1.807) is 12.1 Å². The molecule has 27 heavy (non-hydrogen) atoms. The molecule has 0 heterocycles. The fourth-order valence-corrected chi connectivity index (χ4v) is 2.52. The standard InChI is InChI=1S/C22H23NO4/c1-15-9-11-19(16(2)13-15)20(24)14-27-22(26)17(3)23-21(25)12-10-18-7-5-4-6-8-18/h4-13,17H,14H2,1-3H3,(H,23,25)/b12-10+/t17-/m0/s1. The van der Waals surface area contributed by atoms with Crippen molar-refractivity contribution in [2.24, 2.45) is 0 Å². The van der Waals surface area contributed by atoms with Crippen molar-refractivity contribution in [3.63, 3.8) is 0 Å². The molecule has 0 unspecified atom stereocenters. The summed E-state index contributed by atoms with van der Waals surface area (Å²) in [6.45, 7) is 4.93. The molecule has 1 atom stereocenters. The number of ether oxygens (including phenoxy) is 1. The van der Waals surface area contributed by atoms with E-state index in [-0.39, 0.29) is 12.4 Å². The quantitative estimate of drug-likeness (QED) is 0.464. The minimum Gasteiger partial charge on any atom is -0.456 e. The zero-order valence-electron chi connectivity index (χ0n) is 15.7. The predicted octanol–water partition coefficient (Wildman–Crippen LogP) is 3.25. The third-order valence-corrected chi connectivity index (χ3v) is 3.97. The van der Waals surface area contributed by atoms with Gasteiger partial charge in [0.25, 0.3) is 0 Å². The van der Waals surface area contributed by atoms with Crippen LogP contribution in [0.2, 0.25) is 0 Å². The van der Waals surface area contributed by atoms with E-state index in [0.717, 1.165) is 16.7 Å². The maximum absolute atomic E-state index is 12.2. The lowest BCUT2D eigenvalue weighted by Crippen LogP contribution is -2.39. The topological polar surface area (TPSA) is 72.5 Å². The summed E-state index contributed by atoms with van der Waals surface area (Å²) < 4.78 is 5.04. The zero-order valence-corrected chi connectivity index (χ0v) is 15.7. The van der Waals surface area contributed by atoms with Crippen molar-refractivity contribution in [2.75, 3.05) is 6.61 Å². The van der Waals surface area contributed by atoms with E-state index in [9.17, 15) is 14.4 Å². The van der Waals surface area contributed by atoms with E-state index in [1.165, 1.54) is 13.0 Å². The molecule has 0 aromatic heterocycles. The number of hydrogen-bond acceptors (Lipinski definition) is 4. The van der Waals surface area contributed by atoms with Gasteiger partial charge in [0.1, 0.15) is 6.04 Å². The lowest BCUT2D eigenvalue weighted by Gasteiger charge is -2.12. The molecule has 0 aliphatic heterocycles. The number of carbonyl (C=O) groups excluding carboxylic acids is 3. The number of benzene rings is 2. The Bertz CT molecular complexity index is 856. The lowest BCUT2D eigenvalue weighted by molar-refractivity contribution is -0.145. The third kappa shape index (κ3) is 6.22. The minimum atomic E-state index is -0.857. The van der Waals surface area contributed by atoms with E-state index in [0.29, 0.717) is 5.56 Å². The summed E-state index contributed by atoms with van der Waals surface area (Å²) in [7, 11) is 0. The van der Waals surface area contributed by atoms with Crippen LogP contribution in [0.15, 0.2) is 54.6 Å². The Kier molecular flexibility index (Phi) is 7.06. The summed E-state index contributed by atoms with van der Waals surface area (Å²) in [5, 5.41) is 2.52. The van der Waals surface area contributed by atoms with Crippen molar-refractivity contribution in [3.8, 4) is 0 Å². The molecule has 2 rings (SSSR count). The first-order chi connectivity index (χ1) is 12.9. The number of carbonyl (C=O) groups is 3. The molecule has 140 valence electrons. The number of hydrogen-bond donors (Lipinski definition) is 1. The lowest BCUT2D eigenvalue weighted by atomic mass is 10.0. The second-order valence-electron chi connectivity index (χ2n) is 6.32. The molecule has 5 nitrogen and oxygen atoms in total. The van der Waals surface area contributed by atoms with E-state index in [4.69, 9.17) is 4.74 Å². The summed E-state index contributed by atoms with van der Waals surface area (Å²) in [5.41, 5.74) is 3.29. The van der Waals surface area contributed by atoms with Gasteiger partial charge in [-0.25, -0.2) is 4.79 Å². The van der Waals surface area contributed by atoms with Crippen LogP contribution < -0.4 is 5.32 Å². The van der Waals surface area contributed by atoms with Gasteiger partial charge in [0.2, 0.25) is 11.7 Å². The number of aryl methyl sites for hydroxylation is 2. The predicted molar refractivity (Wildman–Crippen MR) is 104 cm³/mol. The second kappa shape index (κ2) is 9.48. The maximum atomic E-state index is 12.2. The zero-order chi connectivity index (χ0) is 19.8. The van der Waals surface area contributed by atoms with Crippen LogP contribution in [0, 0.1) is 13.8 Å². The maximum Gasteiger partial charge on any atom is 0.328 e. The van der Waals surface area contributed by atoms with Crippen molar-refractivity contribution in [3.05, 3.63) is 76.9 Å². The molecule has 2 aromatic carbocycles. The summed E-state index contributed by atoms with van der Waals surface area (Å²) >= 11 is 0. The Morgan fingerprint density at radius 1 is 1.07 bits per heavy atom. The van der Waals surface area contributed by atoms with Gasteiger partial charge >= 0.3 is 5.97 Å². The summed E-state index contributed by atoms with van der Waals surface area (Å²) in [5.74, 6) is -1.35. The normalized spacial score (nSPS) is 11.8. The molecule has 1 N–H and O–H groups in total. The highest BCUT2D eigenvalue weighted by Gasteiger charge is 2.18. The molecule has 0 radical (unpaired) electrons. The van der Waals surface area contributed by atoms with Gasteiger partial charge in [-0.1, -0.05) is 54.1 Å². The van der Waals surface area contributed by atoms with Crippen LogP contribution in [0.4, 0.5) is 0 Å². The van der Waals surface area contributed by atoms with Gasteiger partial charge in [-0.05, 0) is 38.0 Å². The number of ketones is 1. The molecule has 0 fully saturated rings. The minimum absolute atomic E-state index is 0.275. The van der Waals surface area contributed by atoms with Crippen LogP contribution in [0.3, 0.4) is 0 Å². The van der Waals surface area contributed by atoms with Gasteiger partial charge in [-0.2, -0.15) is 0 Å². The van der Waals surface area contributed by atoms with Crippen molar-refractivity contribution in [1.29, 1.82) is 0 Å². The molecule has 0 aliphatic carbocycles. The van der Waals surface area contributed by atoms with Crippen molar-refractivity contribution >= 4 is 23.7 Å². The molecular weight excluding hydrogens is 342 g/mol. The van der Waals surface area contributed by atoms with Crippen LogP contribution in [-0.2, 0) is 14.3 Å². The van der Waals surface area contributed by atoms with Gasteiger partial charge in [-0.15, -0.1) is 0 Å². The average Bonchev–Trinajstić information content (AvgIpc) is 2.65. The second-order valence-corrected chi connectivity index (χ2v) is 6.32. The smallest absolute Gasteiger partial charge is 0.328 e. The van der Waals surface area contributed by atoms with Crippen LogP contribution in [-0.4, -0.2) is 30.3 Å². The summed E-state index contributed by atoms with van der Waals surface area (Å²) in [6.07, 6.45) is 3.00. The molecular formula is C22H23NO4. The molecule has 0 saturated carbocycles. The van der Waals surface area contributed by atoms with Crippen LogP contribution in [0.25, 0.3) is 6.08 Å². The Balaban J connectivity index is 1.83. The highest BCUT2D eigenvalue weighted by atomic mass is 16.5. The van der Waals surface area contributed by atoms with Crippen LogP contribution in [0.1, 0.15) is 34.0 Å². The molecule has 5 heteroatoms. The molecule has 0 aliphatic rings. The van der Waals surface area contributed by atoms with E-state index < -0.39 is 17.9 Å². The Morgan fingerprint density at radius 2 is 1.78 bits per heavy atom. The largest absolute Gasteiger partial charge is 0.456 e. The monoisotopic (exact) mass is 365 g/mol. The molecule has 0 spiro atoms. The van der Waals surface area contributed by atoms with Crippen molar-refractivity contribution in [2.45, 2.75) is 26.8 Å². The summed E-state index contributed by atoms with van der Waals surface area (Å²) in [6, 6.07) is 13.9. The van der Waals surface area contributed by atoms with Crippen molar-refractivity contribution < 1.29 is 19.1 Å². The first-order valence-electron chi connectivity index (χ1n) is 8.67. The van der Waals surface area contributed by atoms with Gasteiger partial charge in [0.05, 0.1) is 0 Å². The number of amides is 1. The molecule has 0 saturated heterocycles. The highest BCUT2D eigenvalue weighted by molar-refractivity contribution is 6.00. The Labute approximate surface area is 159 Å². The first-order valence-corrected chi connectivity index (χ1v) is 8.67. The van der Waals surface area contributed by atoms with Crippen LogP contribution >= 0.6 is 0 Å².